The molecule has 0 radical (unpaired) electrons. The van der Waals surface area contributed by atoms with Crippen LogP contribution in [0, 0.1) is 0 Å². The van der Waals surface area contributed by atoms with Crippen molar-refractivity contribution in [1.29, 1.82) is 0 Å². The van der Waals surface area contributed by atoms with E-state index in [0.29, 0.717) is 0 Å². The molecule has 0 saturated carbocycles. The summed E-state index contributed by atoms with van der Waals surface area (Å²) >= 11 is 2.08. The molecule has 0 N–H and O–H groups in total. The van der Waals surface area contributed by atoms with E-state index in [-0.39, 0.29) is 33.8 Å². The third-order valence-corrected chi connectivity index (χ3v) is 21.7. The first-order chi connectivity index (χ1) is 39.2. The predicted octanol–water partition coefficient (Wildman–Crippen LogP) is 12.9. The van der Waals surface area contributed by atoms with Crippen molar-refractivity contribution < 1.29 is 9.47 Å². The van der Waals surface area contributed by atoms with Crippen molar-refractivity contribution in [2.24, 2.45) is 0 Å². The van der Waals surface area contributed by atoms with Crippen molar-refractivity contribution in [3.63, 3.8) is 0 Å². The van der Waals surface area contributed by atoms with Gasteiger partial charge in [-0.15, -0.1) is 0 Å². The first kappa shape index (κ1) is 46.5. The van der Waals surface area contributed by atoms with E-state index in [1.165, 1.54) is 114 Å². The average Bonchev–Trinajstić information content (AvgIpc) is 4.04. The summed E-state index contributed by atoms with van der Waals surface area (Å²) in [6.07, 6.45) is 0. The van der Waals surface area contributed by atoms with Crippen LogP contribution in [0.4, 0.5) is 34.1 Å². The summed E-state index contributed by atoms with van der Waals surface area (Å²) in [5.74, 6) is 3.40. The molecule has 0 unspecified atom stereocenters. The second-order valence-corrected chi connectivity index (χ2v) is 26.4. The number of ether oxygens (including phenoxy) is 2. The fraction of sp³-hybridized carbons (Fsp3) is 0.0833. The van der Waals surface area contributed by atoms with Crippen LogP contribution in [0.15, 0.2) is 240 Å². The fourth-order valence-electron chi connectivity index (χ4n) is 14.6. The molecular weight excluding hydrogens is 1060 g/mol. The molecule has 378 valence electrons. The molecule has 0 bridgehead atoms. The van der Waals surface area contributed by atoms with Crippen LogP contribution in [0.2, 0.25) is 0 Å². The summed E-state index contributed by atoms with van der Waals surface area (Å²) in [5.41, 5.74) is 25.6. The minimum absolute atomic E-state index is 0.0621. The van der Waals surface area contributed by atoms with Gasteiger partial charge < -0.3 is 4.74 Å². The maximum absolute atomic E-state index is 6.60. The van der Waals surface area contributed by atoms with Crippen LogP contribution in [-0.4, -0.2) is 28.4 Å². The third-order valence-electron chi connectivity index (χ3n) is 18.0. The van der Waals surface area contributed by atoms with Gasteiger partial charge in [-0.25, -0.2) is 0 Å². The molecule has 4 aliphatic heterocycles. The van der Waals surface area contributed by atoms with Crippen LogP contribution < -0.4 is 61.0 Å². The summed E-state index contributed by atoms with van der Waals surface area (Å²) in [6, 6.07) is 85.1. The van der Waals surface area contributed by atoms with Crippen LogP contribution in [0.25, 0.3) is 22.3 Å². The molecular formula is C72H50B2N2O2SSe. The van der Waals surface area contributed by atoms with E-state index in [1.807, 2.05) is 72.4 Å². The van der Waals surface area contributed by atoms with Gasteiger partial charge in [-0.3, -0.25) is 0 Å². The Balaban J connectivity index is 0.911. The molecule has 11 aromatic carbocycles. The average molecular weight is 1110 g/mol. The van der Waals surface area contributed by atoms with Gasteiger partial charge in [0.15, 0.2) is 0 Å². The van der Waals surface area contributed by atoms with Gasteiger partial charge in [0.1, 0.15) is 11.5 Å². The maximum atomic E-state index is 6.60. The third kappa shape index (κ3) is 6.56. The zero-order valence-corrected chi connectivity index (χ0v) is 47.2. The monoisotopic (exact) mass is 1110 g/mol. The smallest absolute Gasteiger partial charge is 0.457 e. The molecule has 8 heteroatoms. The minimum atomic E-state index is -0.392. The number of rotatable bonds is 6. The van der Waals surface area contributed by atoms with Gasteiger partial charge in [0.25, 0.3) is 0 Å². The van der Waals surface area contributed by atoms with Gasteiger partial charge >= 0.3 is 399 Å². The molecule has 80 heavy (non-hydrogen) atoms. The molecule has 11 aromatic rings. The Morgan fingerprint density at radius 1 is 0.388 bits per heavy atom. The molecule has 0 amide bonds. The molecule has 2 aliphatic carbocycles. The Kier molecular flexibility index (Phi) is 9.92. The van der Waals surface area contributed by atoms with E-state index >= 15 is 0 Å². The number of hydrogen-bond acceptors (Lipinski definition) is 5. The molecule has 0 aromatic heterocycles. The Hall–Kier alpha value is -8.38. The van der Waals surface area contributed by atoms with Crippen molar-refractivity contribution in [2.75, 3.05) is 9.80 Å². The second kappa shape index (κ2) is 17.1. The van der Waals surface area contributed by atoms with Gasteiger partial charge in [-0.1, -0.05) is 42.5 Å². The molecule has 0 fully saturated rings. The second-order valence-electron chi connectivity index (χ2n) is 23.1. The normalized spacial score (nSPS) is 15.2. The fourth-order valence-corrected chi connectivity index (χ4v) is 19.0. The predicted molar refractivity (Wildman–Crippen MR) is 335 cm³/mol. The summed E-state index contributed by atoms with van der Waals surface area (Å²) in [7, 11) is 0. The Bertz CT molecular complexity index is 4460. The molecule has 0 atom stereocenters. The van der Waals surface area contributed by atoms with Crippen LogP contribution in [-0.2, 0) is 10.8 Å². The van der Waals surface area contributed by atoms with E-state index < -0.39 is 5.41 Å². The van der Waals surface area contributed by atoms with Crippen LogP contribution in [0.1, 0.15) is 49.9 Å². The van der Waals surface area contributed by atoms with Crippen LogP contribution in [0.5, 0.6) is 23.0 Å². The molecule has 6 aliphatic rings. The van der Waals surface area contributed by atoms with Gasteiger partial charge in [-0.05, 0) is 24.3 Å². The Morgan fingerprint density at radius 3 is 1.57 bits per heavy atom. The number of anilines is 6. The van der Waals surface area contributed by atoms with E-state index in [2.05, 4.69) is 207 Å². The SMILES string of the molecule is CC1(C)c2cc(Oc3ccccc3)ccc2-c2cc3c4c(c21)[Se]c1ccccc1B4c1cc2c(cc1S3)N(c1ccccc1)c1cc3c(c4c1B2c1ccccc1N4c1ccccc1)C(C)(C)c1cc(Oc2ccccc2)ccc1-3. The minimum Gasteiger partial charge on any atom is -0.457 e. The van der Waals surface area contributed by atoms with Gasteiger partial charge in [0, 0.05) is 0 Å². The van der Waals surface area contributed by atoms with E-state index in [4.69, 9.17) is 9.47 Å². The zero-order valence-electron chi connectivity index (χ0n) is 44.6. The first-order valence-corrected chi connectivity index (χ1v) is 30.3. The van der Waals surface area contributed by atoms with Gasteiger partial charge in [0.2, 0.25) is 0 Å². The van der Waals surface area contributed by atoms with E-state index in [1.54, 1.807) is 4.46 Å². The molecule has 4 nitrogen and oxygen atoms in total. The quantitative estimate of drug-likeness (QED) is 0.155. The number of benzene rings is 11. The standard InChI is InChI=1S/C72H50B2N2O2SSe/c1-71(2)53-37-47(77-45-25-13-7-14-26-45)33-35-49(53)51-39-61-67-69(65(51)71)76(44-23-11-6-12-24-44)59-31-19-17-29-55(59)73(67)57-41-58-62(42-60(57)75(61)43-21-9-5-10-22-43)79-63-40-52-50-36-34-48(78-46-27-15-8-16-28-46)38-54(50)72(3,4)66(52)70-68(63)74(58)56-30-18-20-32-64(56)80-70/h5-42H,1-4H3. The van der Waals surface area contributed by atoms with Crippen molar-refractivity contribution in [3.05, 3.63) is 253 Å². The van der Waals surface area contributed by atoms with Crippen LogP contribution >= 0.6 is 11.8 Å². The van der Waals surface area contributed by atoms with Gasteiger partial charge in [0.05, 0.1) is 0 Å². The number of nitrogens with zero attached hydrogens (tertiary/aromatic N) is 2. The van der Waals surface area contributed by atoms with Gasteiger partial charge in [-0.2, -0.15) is 0 Å². The molecule has 0 spiro atoms. The summed E-state index contributed by atoms with van der Waals surface area (Å²) in [6.45, 7) is 9.75. The first-order valence-electron chi connectivity index (χ1n) is 27.8. The van der Waals surface area contributed by atoms with E-state index in [0.717, 1.165) is 34.4 Å². The topological polar surface area (TPSA) is 24.9 Å². The van der Waals surface area contributed by atoms with Crippen LogP contribution in [0.3, 0.4) is 0 Å². The van der Waals surface area contributed by atoms with Crippen molar-refractivity contribution in [1.82, 2.24) is 0 Å². The number of hydrogen-bond donors (Lipinski definition) is 0. The zero-order chi connectivity index (χ0) is 53.2. The number of para-hydroxylation sites is 5. The Morgan fingerprint density at radius 2 is 0.925 bits per heavy atom. The van der Waals surface area contributed by atoms with Crippen molar-refractivity contribution in [3.8, 4) is 45.3 Å². The van der Waals surface area contributed by atoms with Crippen molar-refractivity contribution >= 4 is 116 Å². The molecule has 4 heterocycles. The molecule has 0 saturated heterocycles. The number of fused-ring (bicyclic) bond motifs is 16. The summed E-state index contributed by atoms with van der Waals surface area (Å²) < 4.78 is 16.1. The summed E-state index contributed by atoms with van der Waals surface area (Å²) in [4.78, 5) is 7.90. The van der Waals surface area contributed by atoms with E-state index in [9.17, 15) is 0 Å². The summed E-state index contributed by atoms with van der Waals surface area (Å²) in [5, 5.41) is 0. The Labute approximate surface area is 478 Å². The van der Waals surface area contributed by atoms with Crippen molar-refractivity contribution in [2.45, 2.75) is 48.3 Å². The molecule has 17 rings (SSSR count).